The summed E-state index contributed by atoms with van der Waals surface area (Å²) in [5, 5.41) is 0. The maximum Gasteiger partial charge on any atom is 0.119 e. The Balaban J connectivity index is 1.69. The number of halogens is 1. The van der Waals surface area contributed by atoms with Crippen molar-refractivity contribution in [1.29, 1.82) is 0 Å². The Morgan fingerprint density at radius 1 is 0.941 bits per heavy atom. The van der Waals surface area contributed by atoms with Gasteiger partial charge in [0.05, 0.1) is 6.10 Å². The molecule has 2 atom stereocenters. The summed E-state index contributed by atoms with van der Waals surface area (Å²) in [7, 11) is 0. The van der Waals surface area contributed by atoms with E-state index in [1.165, 1.54) is 44.1 Å². The average Bonchev–Trinajstić information content (AvgIpc) is 3.15. The van der Waals surface area contributed by atoms with Gasteiger partial charge in [0.15, 0.2) is 0 Å². The van der Waals surface area contributed by atoms with Crippen LogP contribution in [-0.2, 0) is 0 Å². The number of ether oxygens (including phenoxy) is 1. The van der Waals surface area contributed by atoms with Crippen molar-refractivity contribution in [3.63, 3.8) is 0 Å². The van der Waals surface area contributed by atoms with Crippen molar-refractivity contribution in [1.82, 2.24) is 0 Å². The molecule has 0 bridgehead atoms. The molecule has 2 fully saturated rings. The summed E-state index contributed by atoms with van der Waals surface area (Å²) in [6.07, 6.45) is 8.33. The van der Waals surface area contributed by atoms with Crippen LogP contribution in [0.5, 0.6) is 5.75 Å². The summed E-state index contributed by atoms with van der Waals surface area (Å²) in [6.45, 7) is 0. The number of alkyl halides is 1. The van der Waals surface area contributed by atoms with Crippen LogP contribution in [0.3, 0.4) is 0 Å². The second-order valence-electron chi connectivity index (χ2n) is 5.29. The predicted octanol–water partition coefficient (Wildman–Crippen LogP) is 4.65. The van der Waals surface area contributed by atoms with Gasteiger partial charge >= 0.3 is 0 Å². The van der Waals surface area contributed by atoms with E-state index >= 15 is 0 Å². The topological polar surface area (TPSA) is 9.23 Å². The van der Waals surface area contributed by atoms with Crippen molar-refractivity contribution < 1.29 is 4.74 Å². The van der Waals surface area contributed by atoms with Crippen molar-refractivity contribution in [2.24, 2.45) is 0 Å². The van der Waals surface area contributed by atoms with Crippen molar-refractivity contribution in [2.75, 3.05) is 0 Å². The highest BCUT2D eigenvalue weighted by molar-refractivity contribution is 9.09. The fourth-order valence-electron chi connectivity index (χ4n) is 2.63. The van der Waals surface area contributed by atoms with Gasteiger partial charge in [0, 0.05) is 4.83 Å². The fraction of sp³-hybridized carbons (Fsp3) is 0.600. The normalized spacial score (nSPS) is 29.0. The van der Waals surface area contributed by atoms with Gasteiger partial charge < -0.3 is 4.74 Å². The van der Waals surface area contributed by atoms with Crippen LogP contribution in [-0.4, -0.2) is 10.9 Å². The molecule has 1 aromatic rings. The SMILES string of the molecule is BrC1CCCCC1c1ccc(OC2CC2)cc1. The highest BCUT2D eigenvalue weighted by atomic mass is 79.9. The van der Waals surface area contributed by atoms with E-state index in [1.807, 2.05) is 0 Å². The zero-order valence-corrected chi connectivity index (χ0v) is 11.7. The van der Waals surface area contributed by atoms with E-state index in [9.17, 15) is 0 Å². The van der Waals surface area contributed by atoms with Crippen molar-refractivity contribution in [2.45, 2.75) is 55.4 Å². The Morgan fingerprint density at radius 2 is 1.65 bits per heavy atom. The molecule has 2 aliphatic carbocycles. The maximum atomic E-state index is 5.78. The molecule has 92 valence electrons. The predicted molar refractivity (Wildman–Crippen MR) is 74.0 cm³/mol. The van der Waals surface area contributed by atoms with Crippen LogP contribution in [0.1, 0.15) is 50.0 Å². The van der Waals surface area contributed by atoms with Crippen LogP contribution in [0.4, 0.5) is 0 Å². The van der Waals surface area contributed by atoms with E-state index < -0.39 is 0 Å². The molecule has 0 radical (unpaired) electrons. The summed E-state index contributed by atoms with van der Waals surface area (Å²) < 4.78 is 5.78. The molecule has 3 rings (SSSR count). The van der Waals surface area contributed by atoms with Gasteiger partial charge in [-0.25, -0.2) is 0 Å². The Bertz CT molecular complexity index is 369. The van der Waals surface area contributed by atoms with Gasteiger partial charge in [0.25, 0.3) is 0 Å². The number of hydrogen-bond acceptors (Lipinski definition) is 1. The Kier molecular flexibility index (Phi) is 3.41. The number of benzene rings is 1. The van der Waals surface area contributed by atoms with Gasteiger partial charge in [-0.05, 0) is 49.3 Å². The first kappa shape index (κ1) is 11.6. The van der Waals surface area contributed by atoms with Crippen LogP contribution >= 0.6 is 15.9 Å². The Morgan fingerprint density at radius 3 is 2.29 bits per heavy atom. The molecule has 2 aliphatic rings. The van der Waals surface area contributed by atoms with Crippen molar-refractivity contribution >= 4 is 15.9 Å². The first-order valence-corrected chi connectivity index (χ1v) is 7.65. The first-order chi connectivity index (χ1) is 8.33. The molecule has 0 aromatic heterocycles. The highest BCUT2D eigenvalue weighted by Gasteiger charge is 2.25. The van der Waals surface area contributed by atoms with Gasteiger partial charge in [-0.2, -0.15) is 0 Å². The molecule has 2 saturated carbocycles. The van der Waals surface area contributed by atoms with Gasteiger partial charge in [-0.3, -0.25) is 0 Å². The molecular formula is C15H19BrO. The maximum absolute atomic E-state index is 5.78. The molecule has 1 aromatic carbocycles. The summed E-state index contributed by atoms with van der Waals surface area (Å²) in [5.74, 6) is 1.73. The number of hydrogen-bond donors (Lipinski definition) is 0. The third-order valence-electron chi connectivity index (χ3n) is 3.82. The molecule has 1 nitrogen and oxygen atoms in total. The monoisotopic (exact) mass is 294 g/mol. The summed E-state index contributed by atoms with van der Waals surface area (Å²) in [6, 6.07) is 8.79. The zero-order valence-electron chi connectivity index (χ0n) is 10.1. The van der Waals surface area contributed by atoms with E-state index in [-0.39, 0.29) is 0 Å². The van der Waals surface area contributed by atoms with Gasteiger partial charge in [0.1, 0.15) is 5.75 Å². The van der Waals surface area contributed by atoms with E-state index in [4.69, 9.17) is 4.74 Å². The second-order valence-corrected chi connectivity index (χ2v) is 6.47. The highest BCUT2D eigenvalue weighted by Crippen LogP contribution is 2.38. The van der Waals surface area contributed by atoms with Crippen LogP contribution in [0.25, 0.3) is 0 Å². The lowest BCUT2D eigenvalue weighted by molar-refractivity contribution is 0.303. The molecule has 2 heteroatoms. The van der Waals surface area contributed by atoms with Crippen LogP contribution in [0.15, 0.2) is 24.3 Å². The third kappa shape index (κ3) is 2.85. The summed E-state index contributed by atoms with van der Waals surface area (Å²) in [5.41, 5.74) is 1.47. The first-order valence-electron chi connectivity index (χ1n) is 6.73. The molecule has 0 N–H and O–H groups in total. The van der Waals surface area contributed by atoms with Crippen molar-refractivity contribution in [3.05, 3.63) is 29.8 Å². The quantitative estimate of drug-likeness (QED) is 0.738. The van der Waals surface area contributed by atoms with E-state index in [0.717, 1.165) is 5.75 Å². The average molecular weight is 295 g/mol. The molecule has 17 heavy (non-hydrogen) atoms. The molecule has 0 heterocycles. The Hall–Kier alpha value is -0.500. The lowest BCUT2D eigenvalue weighted by atomic mass is 9.84. The third-order valence-corrected chi connectivity index (χ3v) is 4.91. The van der Waals surface area contributed by atoms with Crippen LogP contribution in [0, 0.1) is 0 Å². The minimum atomic E-state index is 0.499. The van der Waals surface area contributed by atoms with Gasteiger partial charge in [-0.15, -0.1) is 0 Å². The van der Waals surface area contributed by atoms with E-state index in [0.29, 0.717) is 16.8 Å². The smallest absolute Gasteiger partial charge is 0.119 e. The van der Waals surface area contributed by atoms with Crippen LogP contribution in [0.2, 0.25) is 0 Å². The molecular weight excluding hydrogens is 276 g/mol. The zero-order chi connectivity index (χ0) is 11.7. The molecule has 0 aliphatic heterocycles. The van der Waals surface area contributed by atoms with Crippen molar-refractivity contribution in [3.8, 4) is 5.75 Å². The molecule has 0 saturated heterocycles. The second kappa shape index (κ2) is 5.01. The van der Waals surface area contributed by atoms with Crippen LogP contribution < -0.4 is 4.74 Å². The minimum absolute atomic E-state index is 0.499. The molecule has 2 unspecified atom stereocenters. The lowest BCUT2D eigenvalue weighted by Crippen LogP contribution is -2.17. The molecule has 0 amide bonds. The van der Waals surface area contributed by atoms with E-state index in [2.05, 4.69) is 40.2 Å². The largest absolute Gasteiger partial charge is 0.490 e. The number of rotatable bonds is 3. The van der Waals surface area contributed by atoms with Gasteiger partial charge in [0.2, 0.25) is 0 Å². The Labute approximate surface area is 112 Å². The summed E-state index contributed by atoms with van der Waals surface area (Å²) in [4.78, 5) is 0.659. The van der Waals surface area contributed by atoms with E-state index in [1.54, 1.807) is 0 Å². The summed E-state index contributed by atoms with van der Waals surface area (Å²) >= 11 is 3.83. The standard InChI is InChI=1S/C15H19BrO/c16-15-4-2-1-3-14(15)11-5-7-12(8-6-11)17-13-9-10-13/h5-8,13-15H,1-4,9-10H2. The molecule has 0 spiro atoms. The fourth-order valence-corrected chi connectivity index (χ4v) is 3.53. The lowest BCUT2D eigenvalue weighted by Gasteiger charge is -2.27. The minimum Gasteiger partial charge on any atom is -0.490 e. The van der Waals surface area contributed by atoms with Gasteiger partial charge in [-0.1, -0.05) is 40.9 Å².